The van der Waals surface area contributed by atoms with E-state index in [4.69, 9.17) is 9.47 Å². The third kappa shape index (κ3) is 4.24. The summed E-state index contributed by atoms with van der Waals surface area (Å²) in [6.45, 7) is 4.48. The summed E-state index contributed by atoms with van der Waals surface area (Å²) in [4.78, 5) is 32.0. The Kier molecular flexibility index (Phi) is 6.63. The molecule has 1 fully saturated rings. The molecular formula is C27H26N2O5. The van der Waals surface area contributed by atoms with Gasteiger partial charge in [0.2, 0.25) is 0 Å². The third-order valence-electron chi connectivity index (χ3n) is 5.68. The summed E-state index contributed by atoms with van der Waals surface area (Å²) in [5.41, 5.74) is 1.89. The van der Waals surface area contributed by atoms with E-state index in [2.05, 4.69) is 4.98 Å². The fraction of sp³-hybridized carbons (Fsp3) is 0.222. The molecule has 0 aliphatic carbocycles. The number of nitrogens with zero attached hydrogens (tertiary/aromatic N) is 2. The van der Waals surface area contributed by atoms with Gasteiger partial charge in [-0.2, -0.15) is 0 Å². The van der Waals surface area contributed by atoms with E-state index in [0.29, 0.717) is 35.1 Å². The maximum atomic E-state index is 13.2. The van der Waals surface area contributed by atoms with Crippen molar-refractivity contribution in [2.45, 2.75) is 26.3 Å². The zero-order valence-electron chi connectivity index (χ0n) is 19.3. The van der Waals surface area contributed by atoms with Crippen LogP contribution < -0.4 is 14.4 Å². The van der Waals surface area contributed by atoms with Gasteiger partial charge in [0.25, 0.3) is 5.78 Å². The van der Waals surface area contributed by atoms with Crippen molar-refractivity contribution in [2.24, 2.45) is 0 Å². The van der Waals surface area contributed by atoms with Crippen molar-refractivity contribution >= 4 is 23.3 Å². The fourth-order valence-corrected chi connectivity index (χ4v) is 3.99. The van der Waals surface area contributed by atoms with Crippen molar-refractivity contribution < 1.29 is 24.2 Å². The molecule has 1 aliphatic rings. The molecule has 1 saturated heterocycles. The highest BCUT2D eigenvalue weighted by atomic mass is 16.5. The van der Waals surface area contributed by atoms with Gasteiger partial charge in [-0.05, 0) is 66.9 Å². The predicted molar refractivity (Wildman–Crippen MR) is 129 cm³/mol. The van der Waals surface area contributed by atoms with E-state index >= 15 is 0 Å². The van der Waals surface area contributed by atoms with Gasteiger partial charge >= 0.3 is 5.91 Å². The summed E-state index contributed by atoms with van der Waals surface area (Å²) >= 11 is 0. The van der Waals surface area contributed by atoms with E-state index in [9.17, 15) is 14.7 Å². The van der Waals surface area contributed by atoms with Crippen LogP contribution in [0.3, 0.4) is 0 Å². The molecular weight excluding hydrogens is 432 g/mol. The smallest absolute Gasteiger partial charge is 0.301 e. The van der Waals surface area contributed by atoms with Crippen molar-refractivity contribution in [3.63, 3.8) is 0 Å². The zero-order chi connectivity index (χ0) is 24.2. The Hall–Kier alpha value is -4.13. The highest BCUT2D eigenvalue weighted by molar-refractivity contribution is 6.51. The minimum absolute atomic E-state index is 0.00227. The van der Waals surface area contributed by atoms with Gasteiger partial charge in [-0.15, -0.1) is 0 Å². The minimum atomic E-state index is -0.850. The van der Waals surface area contributed by atoms with Crippen molar-refractivity contribution in [2.75, 3.05) is 18.6 Å². The highest BCUT2D eigenvalue weighted by Crippen LogP contribution is 2.42. The standard InChI is InChI=1S/C27H26N2O5/c1-4-15-34-21-13-10-19(16-17(21)2)25(30)23-24(18-8-11-20(33-3)12-9-18)29(27(32)26(23)31)22-7-5-6-14-28-22/h5-14,16,24,30H,4,15H2,1-3H3. The molecule has 174 valence electrons. The molecule has 2 aromatic carbocycles. The molecule has 1 unspecified atom stereocenters. The Bertz CT molecular complexity index is 1240. The highest BCUT2D eigenvalue weighted by Gasteiger charge is 2.47. The van der Waals surface area contributed by atoms with Crippen LogP contribution in [0, 0.1) is 6.92 Å². The number of Topliss-reactive ketones (excluding diaryl/α,β-unsaturated/α-hetero) is 1. The average molecular weight is 459 g/mol. The minimum Gasteiger partial charge on any atom is -0.507 e. The van der Waals surface area contributed by atoms with E-state index in [1.807, 2.05) is 13.8 Å². The number of carbonyl (C=O) groups excluding carboxylic acids is 2. The predicted octanol–water partition coefficient (Wildman–Crippen LogP) is 4.81. The Morgan fingerprint density at radius 2 is 1.85 bits per heavy atom. The third-order valence-corrected chi connectivity index (χ3v) is 5.68. The molecule has 0 radical (unpaired) electrons. The van der Waals surface area contributed by atoms with Crippen LogP contribution in [0.15, 0.2) is 72.4 Å². The van der Waals surface area contributed by atoms with Crippen LogP contribution in [0.4, 0.5) is 5.82 Å². The number of methoxy groups -OCH3 is 1. The molecule has 34 heavy (non-hydrogen) atoms. The Morgan fingerprint density at radius 1 is 1.09 bits per heavy atom. The quantitative estimate of drug-likeness (QED) is 0.310. The van der Waals surface area contributed by atoms with E-state index in [1.54, 1.807) is 74.0 Å². The number of anilines is 1. The van der Waals surface area contributed by atoms with Gasteiger partial charge in [-0.25, -0.2) is 4.98 Å². The molecule has 4 rings (SSSR count). The maximum Gasteiger partial charge on any atom is 0.301 e. The van der Waals surface area contributed by atoms with Crippen molar-refractivity contribution in [3.8, 4) is 11.5 Å². The molecule has 2 heterocycles. The second kappa shape index (κ2) is 9.79. The number of ether oxygens (including phenoxy) is 2. The summed E-state index contributed by atoms with van der Waals surface area (Å²) in [6, 6.07) is 16.5. The SMILES string of the molecule is CCCOc1ccc(C(O)=C2C(=O)C(=O)N(c3ccccn3)C2c2ccc(OC)cc2)cc1C. The number of ketones is 1. The van der Waals surface area contributed by atoms with Gasteiger partial charge in [0.15, 0.2) is 0 Å². The average Bonchev–Trinajstić information content (AvgIpc) is 3.13. The molecule has 1 N–H and O–H groups in total. The lowest BCUT2D eigenvalue weighted by atomic mass is 9.94. The second-order valence-electron chi connectivity index (χ2n) is 7.96. The molecule has 0 saturated carbocycles. The molecule has 7 heteroatoms. The van der Waals surface area contributed by atoms with Crippen molar-refractivity contribution in [1.82, 2.24) is 4.98 Å². The van der Waals surface area contributed by atoms with Crippen LogP contribution in [0.2, 0.25) is 0 Å². The Morgan fingerprint density at radius 3 is 2.47 bits per heavy atom. The number of aryl methyl sites for hydroxylation is 1. The monoisotopic (exact) mass is 458 g/mol. The van der Waals surface area contributed by atoms with E-state index < -0.39 is 17.7 Å². The van der Waals surface area contributed by atoms with Gasteiger partial charge in [0, 0.05) is 11.8 Å². The number of aromatic nitrogens is 1. The number of hydrogen-bond acceptors (Lipinski definition) is 6. The summed E-state index contributed by atoms with van der Waals surface area (Å²) in [6.07, 6.45) is 2.43. The first-order valence-electron chi connectivity index (χ1n) is 11.1. The molecule has 1 aromatic heterocycles. The van der Waals surface area contributed by atoms with Crippen LogP contribution in [0.25, 0.3) is 5.76 Å². The number of amides is 1. The number of aliphatic hydroxyl groups is 1. The zero-order valence-corrected chi connectivity index (χ0v) is 19.3. The Labute approximate surface area is 198 Å². The molecule has 1 atom stereocenters. The van der Waals surface area contributed by atoms with Crippen LogP contribution in [-0.4, -0.2) is 35.5 Å². The first kappa shape index (κ1) is 23.0. The summed E-state index contributed by atoms with van der Waals surface area (Å²) < 4.78 is 11.0. The van der Waals surface area contributed by atoms with Crippen LogP contribution in [0.5, 0.6) is 11.5 Å². The van der Waals surface area contributed by atoms with Crippen molar-refractivity contribution in [3.05, 3.63) is 89.1 Å². The van der Waals surface area contributed by atoms with Crippen LogP contribution in [-0.2, 0) is 9.59 Å². The van der Waals surface area contributed by atoms with Gasteiger partial charge in [-0.1, -0.05) is 25.1 Å². The first-order valence-corrected chi connectivity index (χ1v) is 11.1. The molecule has 1 aliphatic heterocycles. The summed E-state index contributed by atoms with van der Waals surface area (Å²) in [5, 5.41) is 11.3. The van der Waals surface area contributed by atoms with E-state index in [1.165, 1.54) is 4.90 Å². The van der Waals surface area contributed by atoms with Crippen molar-refractivity contribution in [1.29, 1.82) is 0 Å². The van der Waals surface area contributed by atoms with Gasteiger partial charge in [-0.3, -0.25) is 14.5 Å². The van der Waals surface area contributed by atoms with Gasteiger partial charge in [0.1, 0.15) is 23.1 Å². The number of aliphatic hydroxyl groups excluding tert-OH is 1. The van der Waals surface area contributed by atoms with E-state index in [-0.39, 0.29) is 11.3 Å². The number of pyridine rings is 1. The molecule has 0 spiro atoms. The number of rotatable bonds is 7. The number of benzene rings is 2. The lowest BCUT2D eigenvalue weighted by Gasteiger charge is -2.24. The topological polar surface area (TPSA) is 89.0 Å². The number of carbonyl (C=O) groups is 2. The normalized spacial score (nSPS) is 17.1. The van der Waals surface area contributed by atoms with E-state index in [0.717, 1.165) is 12.0 Å². The lowest BCUT2D eigenvalue weighted by Crippen LogP contribution is -2.30. The Balaban J connectivity index is 1.86. The first-order chi connectivity index (χ1) is 16.5. The molecule has 0 bridgehead atoms. The maximum absolute atomic E-state index is 13.2. The van der Waals surface area contributed by atoms with Crippen LogP contribution in [0.1, 0.15) is 36.1 Å². The van der Waals surface area contributed by atoms with Gasteiger partial charge < -0.3 is 14.6 Å². The largest absolute Gasteiger partial charge is 0.507 e. The van der Waals surface area contributed by atoms with Crippen LogP contribution >= 0.6 is 0 Å². The second-order valence-corrected chi connectivity index (χ2v) is 7.96. The fourth-order valence-electron chi connectivity index (χ4n) is 3.99. The summed E-state index contributed by atoms with van der Waals surface area (Å²) in [5.74, 6) is -0.101. The lowest BCUT2D eigenvalue weighted by molar-refractivity contribution is -0.132. The van der Waals surface area contributed by atoms with Gasteiger partial charge in [0.05, 0.1) is 25.3 Å². The molecule has 3 aromatic rings. The molecule has 7 nitrogen and oxygen atoms in total. The summed E-state index contributed by atoms with van der Waals surface area (Å²) in [7, 11) is 1.56. The number of hydrogen-bond donors (Lipinski definition) is 1. The molecule has 1 amide bonds.